The third kappa shape index (κ3) is 12.2. The van der Waals surface area contributed by atoms with Gasteiger partial charge in [-0.3, -0.25) is 9.78 Å². The third-order valence-corrected chi connectivity index (χ3v) is 10.1. The fourth-order valence-corrected chi connectivity index (χ4v) is 6.72. The van der Waals surface area contributed by atoms with Crippen LogP contribution in [0.15, 0.2) is 77.8 Å². The van der Waals surface area contributed by atoms with Crippen molar-refractivity contribution >= 4 is 40.7 Å². The Morgan fingerprint density at radius 1 is 0.900 bits per heavy atom. The minimum absolute atomic E-state index is 0.0671. The Bertz CT molecular complexity index is 1620. The number of aromatic nitrogens is 2. The summed E-state index contributed by atoms with van der Waals surface area (Å²) in [4.78, 5) is 51.0. The second-order valence-corrected chi connectivity index (χ2v) is 14.9. The van der Waals surface area contributed by atoms with Crippen molar-refractivity contribution in [1.29, 1.82) is 0 Å². The van der Waals surface area contributed by atoms with Crippen LogP contribution in [0.25, 0.3) is 0 Å². The van der Waals surface area contributed by atoms with Gasteiger partial charge in [0, 0.05) is 30.6 Å². The van der Waals surface area contributed by atoms with E-state index in [2.05, 4.69) is 39.8 Å². The maximum Gasteiger partial charge on any atom is 0.407 e. The number of thiazole rings is 2. The van der Waals surface area contributed by atoms with Crippen LogP contribution in [-0.2, 0) is 35.5 Å². The minimum Gasteiger partial charge on any atom is -0.444 e. The molecule has 0 saturated heterocycles. The number of rotatable bonds is 17. The van der Waals surface area contributed by atoms with Gasteiger partial charge in [-0.05, 0) is 36.3 Å². The minimum atomic E-state index is -1.05. The number of alkyl carbamates (subject to hydrolysis) is 1. The lowest BCUT2D eigenvalue weighted by atomic mass is 9.93. The van der Waals surface area contributed by atoms with E-state index in [1.165, 1.54) is 16.2 Å². The SMILES string of the molecule is CC(C)c1nc(CN(C)C(=O)N[C@H](C(=O)NC(Cc2ccccc2)CC(O)C(Cc2ccccc2)NC(=O)OCc2cncs2)C(C)C)cs1. The Labute approximate surface area is 302 Å². The molecule has 4 rings (SSSR count). The average molecular weight is 721 g/mol. The molecule has 0 saturated carbocycles. The molecule has 13 heteroatoms. The Balaban J connectivity index is 1.46. The maximum absolute atomic E-state index is 13.9. The first-order valence-electron chi connectivity index (χ1n) is 16.8. The molecule has 0 aliphatic heterocycles. The highest BCUT2D eigenvalue weighted by Crippen LogP contribution is 2.20. The van der Waals surface area contributed by atoms with E-state index in [0.717, 1.165) is 26.7 Å². The fraction of sp³-hybridized carbons (Fsp3) is 0.432. The summed E-state index contributed by atoms with van der Waals surface area (Å²) in [6, 6.07) is 16.8. The van der Waals surface area contributed by atoms with Gasteiger partial charge >= 0.3 is 12.1 Å². The zero-order valence-electron chi connectivity index (χ0n) is 29.2. The first kappa shape index (κ1) is 38.5. The smallest absolute Gasteiger partial charge is 0.407 e. The number of carbonyl (C=O) groups excluding carboxylic acids is 3. The summed E-state index contributed by atoms with van der Waals surface area (Å²) in [5.41, 5.74) is 4.35. The molecule has 11 nitrogen and oxygen atoms in total. The zero-order chi connectivity index (χ0) is 36.0. The molecule has 0 aliphatic carbocycles. The molecular formula is C37H48N6O5S2. The van der Waals surface area contributed by atoms with Gasteiger partial charge in [-0.2, -0.15) is 0 Å². The highest BCUT2D eigenvalue weighted by atomic mass is 32.1. The predicted octanol–water partition coefficient (Wildman–Crippen LogP) is 5.91. The van der Waals surface area contributed by atoms with E-state index < -0.39 is 30.3 Å². The predicted molar refractivity (Wildman–Crippen MR) is 197 cm³/mol. The van der Waals surface area contributed by atoms with E-state index >= 15 is 0 Å². The lowest BCUT2D eigenvalue weighted by Gasteiger charge is -2.30. The van der Waals surface area contributed by atoms with Crippen molar-refractivity contribution in [1.82, 2.24) is 30.8 Å². The Morgan fingerprint density at radius 3 is 2.14 bits per heavy atom. The number of carbonyl (C=O) groups is 3. The Morgan fingerprint density at radius 2 is 1.56 bits per heavy atom. The van der Waals surface area contributed by atoms with Gasteiger partial charge in [0.2, 0.25) is 5.91 Å². The topological polar surface area (TPSA) is 146 Å². The molecule has 4 amide bonds. The van der Waals surface area contributed by atoms with Crippen molar-refractivity contribution in [3.8, 4) is 0 Å². The first-order valence-corrected chi connectivity index (χ1v) is 18.6. The van der Waals surface area contributed by atoms with Crippen LogP contribution in [0.3, 0.4) is 0 Å². The molecule has 2 aromatic carbocycles. The number of urea groups is 1. The van der Waals surface area contributed by atoms with Crippen LogP contribution in [0.4, 0.5) is 9.59 Å². The molecule has 2 aromatic heterocycles. The largest absolute Gasteiger partial charge is 0.444 e. The summed E-state index contributed by atoms with van der Waals surface area (Å²) >= 11 is 2.95. The molecule has 0 spiro atoms. The third-order valence-electron chi connectivity index (χ3n) is 8.13. The van der Waals surface area contributed by atoms with E-state index in [4.69, 9.17) is 4.74 Å². The van der Waals surface area contributed by atoms with Crippen molar-refractivity contribution in [3.05, 3.63) is 104 Å². The quantitative estimate of drug-likeness (QED) is 0.106. The van der Waals surface area contributed by atoms with Gasteiger partial charge in [0.1, 0.15) is 12.6 Å². The summed E-state index contributed by atoms with van der Waals surface area (Å²) in [7, 11) is 1.68. The molecule has 4 atom stereocenters. The molecule has 3 unspecified atom stereocenters. The molecule has 0 radical (unpaired) electrons. The van der Waals surface area contributed by atoms with E-state index in [-0.39, 0.29) is 30.9 Å². The number of benzene rings is 2. The Kier molecular flexibility index (Phi) is 14.7. The van der Waals surface area contributed by atoms with E-state index in [1.54, 1.807) is 30.1 Å². The average Bonchev–Trinajstić information content (AvgIpc) is 3.79. The second-order valence-electron chi connectivity index (χ2n) is 13.0. The molecule has 0 aliphatic rings. The van der Waals surface area contributed by atoms with Crippen molar-refractivity contribution in [2.75, 3.05) is 7.05 Å². The number of amides is 4. The fourth-order valence-electron chi connectivity index (χ4n) is 5.39. The van der Waals surface area contributed by atoms with E-state index in [1.807, 2.05) is 79.9 Å². The number of aliphatic hydroxyl groups is 1. The lowest BCUT2D eigenvalue weighted by molar-refractivity contribution is -0.124. The molecule has 0 fully saturated rings. The van der Waals surface area contributed by atoms with Gasteiger partial charge in [0.25, 0.3) is 0 Å². The molecule has 0 bridgehead atoms. The number of hydrogen-bond donors (Lipinski definition) is 4. The number of aliphatic hydroxyl groups excluding tert-OH is 1. The maximum atomic E-state index is 13.9. The number of ether oxygens (including phenoxy) is 1. The van der Waals surface area contributed by atoms with Crippen LogP contribution in [0.5, 0.6) is 0 Å². The second kappa shape index (κ2) is 19.2. The Hall–Kier alpha value is -4.33. The molecule has 4 N–H and O–H groups in total. The zero-order valence-corrected chi connectivity index (χ0v) is 30.9. The molecule has 50 heavy (non-hydrogen) atoms. The highest BCUT2D eigenvalue weighted by molar-refractivity contribution is 7.09. The van der Waals surface area contributed by atoms with Crippen LogP contribution >= 0.6 is 22.7 Å². The van der Waals surface area contributed by atoms with Crippen LogP contribution in [0, 0.1) is 5.92 Å². The van der Waals surface area contributed by atoms with Crippen molar-refractivity contribution < 1.29 is 24.2 Å². The van der Waals surface area contributed by atoms with Gasteiger partial charge in [-0.1, -0.05) is 88.4 Å². The summed E-state index contributed by atoms with van der Waals surface area (Å²) < 4.78 is 5.42. The van der Waals surface area contributed by atoms with Crippen molar-refractivity contribution in [2.24, 2.45) is 5.92 Å². The van der Waals surface area contributed by atoms with Crippen LogP contribution in [-0.4, -0.2) is 69.3 Å². The van der Waals surface area contributed by atoms with Gasteiger partial charge in [-0.15, -0.1) is 22.7 Å². The van der Waals surface area contributed by atoms with Crippen molar-refractivity contribution in [2.45, 2.75) is 90.3 Å². The monoisotopic (exact) mass is 720 g/mol. The molecule has 268 valence electrons. The normalized spacial score (nSPS) is 13.7. The number of hydrogen-bond acceptors (Lipinski definition) is 9. The van der Waals surface area contributed by atoms with E-state index in [0.29, 0.717) is 25.3 Å². The lowest BCUT2D eigenvalue weighted by Crippen LogP contribution is -2.55. The summed E-state index contributed by atoms with van der Waals surface area (Å²) in [6.07, 6.45) is 0.836. The van der Waals surface area contributed by atoms with Crippen molar-refractivity contribution in [3.63, 3.8) is 0 Å². The number of nitrogens with zero attached hydrogens (tertiary/aromatic N) is 3. The highest BCUT2D eigenvalue weighted by Gasteiger charge is 2.31. The van der Waals surface area contributed by atoms with Crippen LogP contribution < -0.4 is 16.0 Å². The van der Waals surface area contributed by atoms with Gasteiger partial charge < -0.3 is 30.7 Å². The van der Waals surface area contributed by atoms with Crippen LogP contribution in [0.1, 0.15) is 66.7 Å². The van der Waals surface area contributed by atoms with Gasteiger partial charge in [0.15, 0.2) is 0 Å². The van der Waals surface area contributed by atoms with Gasteiger partial charge in [0.05, 0.1) is 39.8 Å². The van der Waals surface area contributed by atoms with E-state index in [9.17, 15) is 19.5 Å². The van der Waals surface area contributed by atoms with Gasteiger partial charge in [-0.25, -0.2) is 14.6 Å². The first-order chi connectivity index (χ1) is 24.0. The molecule has 2 heterocycles. The summed E-state index contributed by atoms with van der Waals surface area (Å²) in [6.45, 7) is 8.28. The molecule has 4 aromatic rings. The summed E-state index contributed by atoms with van der Waals surface area (Å²) in [5.74, 6) is -0.277. The van der Waals surface area contributed by atoms with Crippen LogP contribution in [0.2, 0.25) is 0 Å². The summed E-state index contributed by atoms with van der Waals surface area (Å²) in [5, 5.41) is 23.5. The standard InChI is InChI=1S/C37H48N6O5S2/c1-24(2)33(42-36(46)43(5)20-29-22-49-35(40-29)25(3)4)34(45)39-28(16-26-12-8-6-9-13-26)18-32(44)31(17-27-14-10-7-11-15-27)41-37(47)48-21-30-19-38-23-50-30/h6-15,19,22-25,28,31-33,44H,16-18,20-21H2,1-5H3,(H,39,45)(H,41,47)(H,42,46)/t28?,31?,32?,33-/m0/s1. The number of nitrogens with one attached hydrogen (secondary N) is 3. The molecular weight excluding hydrogens is 673 g/mol.